The zero-order valence-corrected chi connectivity index (χ0v) is 18.2. The molecule has 0 N–H and O–H groups in total. The lowest BCUT2D eigenvalue weighted by Crippen LogP contribution is -2.57. The van der Waals surface area contributed by atoms with Crippen LogP contribution >= 0.6 is 11.6 Å². The average molecular weight is 417 g/mol. The van der Waals surface area contributed by atoms with Crippen LogP contribution in [0.3, 0.4) is 0 Å². The van der Waals surface area contributed by atoms with Gasteiger partial charge in [0.05, 0.1) is 7.11 Å². The summed E-state index contributed by atoms with van der Waals surface area (Å²) >= 11 is 5.94. The van der Waals surface area contributed by atoms with E-state index in [1.165, 1.54) is 23.1 Å². The van der Waals surface area contributed by atoms with Gasteiger partial charge in [-0.1, -0.05) is 17.7 Å². The molecule has 0 aromatic heterocycles. The summed E-state index contributed by atoms with van der Waals surface area (Å²) in [6, 6.07) is 5.10. The summed E-state index contributed by atoms with van der Waals surface area (Å²) < 4.78 is 5.49. The highest BCUT2D eigenvalue weighted by molar-refractivity contribution is 6.20. The number of halogens is 1. The van der Waals surface area contributed by atoms with E-state index >= 15 is 0 Å². The van der Waals surface area contributed by atoms with Gasteiger partial charge in [-0.05, 0) is 61.9 Å². The number of methoxy groups -OCH3 is 1. The number of piperidine rings is 1. The van der Waals surface area contributed by atoms with Gasteiger partial charge in [0, 0.05) is 38.1 Å². The molecule has 3 aliphatic heterocycles. The first-order valence-corrected chi connectivity index (χ1v) is 10.9. The first-order valence-electron chi connectivity index (χ1n) is 10.4. The standard InChI is InChI=1S/C22H29ClN4O2/c1-14-15(2)20(29-3)9-7-17(14)19-6-4-5-16-13-26(11-12-27(16)19)22(28)18-8-10-21(23)25-24-18/h7-9,16,19,21H,4-6,10-13H2,1-3H3/t16-,19+,21?/m0/s1. The van der Waals surface area contributed by atoms with Crippen LogP contribution in [0.5, 0.6) is 5.75 Å². The van der Waals surface area contributed by atoms with Gasteiger partial charge in [0.25, 0.3) is 5.91 Å². The van der Waals surface area contributed by atoms with Crippen molar-refractivity contribution < 1.29 is 9.53 Å². The van der Waals surface area contributed by atoms with E-state index in [1.54, 1.807) is 7.11 Å². The second kappa shape index (κ2) is 8.44. The third kappa shape index (κ3) is 3.92. The zero-order valence-electron chi connectivity index (χ0n) is 17.4. The molecule has 1 aromatic carbocycles. The minimum Gasteiger partial charge on any atom is -0.496 e. The maximum atomic E-state index is 12.9. The van der Waals surface area contributed by atoms with E-state index in [2.05, 4.69) is 41.1 Å². The van der Waals surface area contributed by atoms with Crippen molar-refractivity contribution in [2.45, 2.75) is 57.1 Å². The van der Waals surface area contributed by atoms with E-state index in [-0.39, 0.29) is 11.4 Å². The second-order valence-corrected chi connectivity index (χ2v) is 8.68. The smallest absolute Gasteiger partial charge is 0.274 e. The van der Waals surface area contributed by atoms with Gasteiger partial charge in [0.1, 0.15) is 16.9 Å². The van der Waals surface area contributed by atoms with Crippen molar-refractivity contribution in [1.29, 1.82) is 0 Å². The van der Waals surface area contributed by atoms with Crippen LogP contribution in [0, 0.1) is 13.8 Å². The molecule has 0 radical (unpaired) electrons. The maximum absolute atomic E-state index is 12.9. The number of hydrogen-bond acceptors (Lipinski definition) is 5. The lowest BCUT2D eigenvalue weighted by molar-refractivity contribution is -0.131. The van der Waals surface area contributed by atoms with Gasteiger partial charge in [-0.15, -0.1) is 5.11 Å². The van der Waals surface area contributed by atoms with Crippen molar-refractivity contribution in [3.05, 3.63) is 40.6 Å². The quantitative estimate of drug-likeness (QED) is 0.543. The molecule has 3 atom stereocenters. The number of carbonyl (C=O) groups is 1. The minimum atomic E-state index is -0.348. The van der Waals surface area contributed by atoms with Crippen molar-refractivity contribution in [2.24, 2.45) is 10.2 Å². The molecule has 3 heterocycles. The molecule has 0 bridgehead atoms. The van der Waals surface area contributed by atoms with E-state index in [4.69, 9.17) is 16.3 Å². The number of piperazine rings is 1. The summed E-state index contributed by atoms with van der Waals surface area (Å²) in [6.45, 7) is 6.68. The van der Waals surface area contributed by atoms with Crippen molar-refractivity contribution in [3.8, 4) is 5.75 Å². The molecule has 6 nitrogen and oxygen atoms in total. The lowest BCUT2D eigenvalue weighted by atomic mass is 9.86. The van der Waals surface area contributed by atoms with Gasteiger partial charge in [-0.25, -0.2) is 0 Å². The lowest BCUT2D eigenvalue weighted by Gasteiger charge is -2.48. The van der Waals surface area contributed by atoms with Crippen LogP contribution in [-0.2, 0) is 4.79 Å². The predicted octanol–water partition coefficient (Wildman–Crippen LogP) is 4.35. The summed E-state index contributed by atoms with van der Waals surface area (Å²) in [7, 11) is 1.73. The number of carbonyl (C=O) groups excluding carboxylic acids is 1. The fourth-order valence-electron chi connectivity index (χ4n) is 4.88. The van der Waals surface area contributed by atoms with Crippen LogP contribution in [0.25, 0.3) is 0 Å². The number of azo groups is 1. The molecular weight excluding hydrogens is 388 g/mol. The highest BCUT2D eigenvalue weighted by Gasteiger charge is 2.38. The normalized spacial score (nSPS) is 27.4. The van der Waals surface area contributed by atoms with Gasteiger partial charge in [-0.2, -0.15) is 5.11 Å². The summed E-state index contributed by atoms with van der Waals surface area (Å²) in [5.74, 6) is 0.929. The van der Waals surface area contributed by atoms with Crippen LogP contribution in [0.15, 0.2) is 34.1 Å². The highest BCUT2D eigenvalue weighted by Crippen LogP contribution is 2.39. The Hall–Kier alpha value is -1.92. The number of nitrogens with zero attached hydrogens (tertiary/aromatic N) is 4. The highest BCUT2D eigenvalue weighted by atomic mass is 35.5. The van der Waals surface area contributed by atoms with Crippen LogP contribution in [-0.4, -0.2) is 54.0 Å². The Bertz CT molecular complexity index is 853. The summed E-state index contributed by atoms with van der Waals surface area (Å²) in [5.41, 5.74) is 4.01. The molecule has 1 aromatic rings. The molecule has 0 saturated carbocycles. The number of hydrogen-bond donors (Lipinski definition) is 0. The summed E-state index contributed by atoms with van der Waals surface area (Å²) in [6.07, 6.45) is 5.83. The number of benzene rings is 1. The van der Waals surface area contributed by atoms with Crippen molar-refractivity contribution in [3.63, 3.8) is 0 Å². The average Bonchev–Trinajstić information content (AvgIpc) is 2.75. The molecule has 7 heteroatoms. The van der Waals surface area contributed by atoms with Crippen molar-refractivity contribution >= 4 is 17.5 Å². The maximum Gasteiger partial charge on any atom is 0.274 e. The molecule has 4 rings (SSSR count). The first-order chi connectivity index (χ1) is 14.0. The summed E-state index contributed by atoms with van der Waals surface area (Å²) in [4.78, 5) is 17.4. The van der Waals surface area contributed by atoms with Crippen LogP contribution in [0.4, 0.5) is 0 Å². The van der Waals surface area contributed by atoms with Gasteiger partial charge in [0.2, 0.25) is 0 Å². The summed E-state index contributed by atoms with van der Waals surface area (Å²) in [5, 5.41) is 7.97. The van der Waals surface area contributed by atoms with Gasteiger partial charge < -0.3 is 9.64 Å². The van der Waals surface area contributed by atoms with Crippen LogP contribution in [0.1, 0.15) is 48.4 Å². The Morgan fingerprint density at radius 1 is 1.21 bits per heavy atom. The predicted molar refractivity (Wildman–Crippen MR) is 113 cm³/mol. The monoisotopic (exact) mass is 416 g/mol. The van der Waals surface area contributed by atoms with E-state index < -0.39 is 0 Å². The molecule has 156 valence electrons. The molecule has 0 spiro atoms. The molecular formula is C22H29ClN4O2. The Morgan fingerprint density at radius 3 is 2.76 bits per heavy atom. The van der Waals surface area contributed by atoms with Crippen molar-refractivity contribution in [2.75, 3.05) is 26.7 Å². The SMILES string of the molecule is COc1ccc([C@H]2CCC[C@H]3CN(C(=O)C4=CCC(Cl)N=N4)CCN32)c(C)c1C. The largest absolute Gasteiger partial charge is 0.496 e. The Kier molecular flexibility index (Phi) is 5.93. The molecule has 2 fully saturated rings. The molecule has 1 amide bonds. The Labute approximate surface area is 177 Å². The van der Waals surface area contributed by atoms with Gasteiger partial charge >= 0.3 is 0 Å². The number of rotatable bonds is 3. The fraction of sp³-hybridized carbons (Fsp3) is 0.591. The Morgan fingerprint density at radius 2 is 2.03 bits per heavy atom. The van der Waals surface area contributed by atoms with E-state index in [0.717, 1.165) is 38.2 Å². The molecule has 29 heavy (non-hydrogen) atoms. The third-order valence-corrected chi connectivity index (χ3v) is 6.87. The van der Waals surface area contributed by atoms with Gasteiger partial charge in [0.15, 0.2) is 0 Å². The van der Waals surface area contributed by atoms with E-state index in [0.29, 0.717) is 24.2 Å². The molecule has 3 aliphatic rings. The van der Waals surface area contributed by atoms with Crippen LogP contribution < -0.4 is 4.74 Å². The zero-order chi connectivity index (χ0) is 20.5. The number of ether oxygens (including phenoxy) is 1. The molecule has 0 aliphatic carbocycles. The minimum absolute atomic E-state index is 0.0180. The topological polar surface area (TPSA) is 57.5 Å². The van der Waals surface area contributed by atoms with Crippen molar-refractivity contribution in [1.82, 2.24) is 9.80 Å². The number of amides is 1. The third-order valence-electron chi connectivity index (χ3n) is 6.60. The van der Waals surface area contributed by atoms with Crippen LogP contribution in [0.2, 0.25) is 0 Å². The number of alkyl halides is 1. The van der Waals surface area contributed by atoms with E-state index in [9.17, 15) is 4.79 Å². The second-order valence-electron chi connectivity index (χ2n) is 8.17. The first kappa shape index (κ1) is 20.4. The number of fused-ring (bicyclic) bond motifs is 1. The fourth-order valence-corrected chi connectivity index (χ4v) is 5.01. The molecule has 2 saturated heterocycles. The van der Waals surface area contributed by atoms with Gasteiger partial charge in [-0.3, -0.25) is 9.69 Å². The van der Waals surface area contributed by atoms with E-state index in [1.807, 2.05) is 11.0 Å². The molecule has 1 unspecified atom stereocenters. The Balaban J connectivity index is 1.50.